The molecule has 0 fully saturated rings. The summed E-state index contributed by atoms with van der Waals surface area (Å²) in [7, 11) is 0. The van der Waals surface area contributed by atoms with Crippen LogP contribution in [0.4, 0.5) is 11.4 Å². The quantitative estimate of drug-likeness (QED) is 0.771. The van der Waals surface area contributed by atoms with E-state index in [-0.39, 0.29) is 30.6 Å². The number of hydrogen-bond donors (Lipinski definition) is 3. The van der Waals surface area contributed by atoms with Gasteiger partial charge >= 0.3 is 0 Å². The van der Waals surface area contributed by atoms with E-state index in [9.17, 15) is 14.4 Å². The smallest absolute Gasteiger partial charge is 0.254 e. The van der Waals surface area contributed by atoms with E-state index in [2.05, 4.69) is 16.0 Å². The number of aryl methyl sites for hydroxylation is 1. The molecule has 2 aromatic rings. The topological polar surface area (TPSA) is 87.3 Å². The molecule has 1 aliphatic rings. The summed E-state index contributed by atoms with van der Waals surface area (Å²) < 4.78 is 0. The zero-order chi connectivity index (χ0) is 18.7. The zero-order valence-corrected chi connectivity index (χ0v) is 14.9. The Morgan fingerprint density at radius 2 is 1.96 bits per heavy atom. The Morgan fingerprint density at radius 3 is 2.73 bits per heavy atom. The third-order valence-electron chi connectivity index (χ3n) is 4.11. The molecule has 0 saturated heterocycles. The molecule has 134 valence electrons. The van der Waals surface area contributed by atoms with Gasteiger partial charge in [0.15, 0.2) is 0 Å². The van der Waals surface area contributed by atoms with Gasteiger partial charge in [-0.05, 0) is 43.2 Å². The van der Waals surface area contributed by atoms with Gasteiger partial charge in [0, 0.05) is 6.42 Å². The minimum atomic E-state index is -0.783. The van der Waals surface area contributed by atoms with Crippen LogP contribution in [0.15, 0.2) is 42.5 Å². The number of nitrogens with one attached hydrogen (secondary N) is 3. The Kier molecular flexibility index (Phi) is 5.23. The van der Waals surface area contributed by atoms with Crippen molar-refractivity contribution in [3.05, 3.63) is 58.6 Å². The number of amides is 3. The predicted molar refractivity (Wildman–Crippen MR) is 100 cm³/mol. The molecular formula is C19H18ClN3O3. The summed E-state index contributed by atoms with van der Waals surface area (Å²) in [6, 6.07) is 11.3. The van der Waals surface area contributed by atoms with E-state index in [1.54, 1.807) is 36.4 Å². The number of carbonyl (C=O) groups is 3. The normalized spacial score (nSPS) is 16.2. The molecule has 3 N–H and O–H groups in total. The lowest BCUT2D eigenvalue weighted by atomic mass is 10.1. The number of anilines is 2. The van der Waals surface area contributed by atoms with E-state index in [1.807, 2.05) is 13.0 Å². The van der Waals surface area contributed by atoms with E-state index in [0.29, 0.717) is 22.0 Å². The van der Waals surface area contributed by atoms with Crippen LogP contribution in [-0.2, 0) is 9.59 Å². The second kappa shape index (κ2) is 7.58. The van der Waals surface area contributed by atoms with Gasteiger partial charge in [0.2, 0.25) is 11.8 Å². The third kappa shape index (κ3) is 4.03. The monoisotopic (exact) mass is 371 g/mol. The first-order valence-corrected chi connectivity index (χ1v) is 8.58. The molecule has 0 aliphatic carbocycles. The van der Waals surface area contributed by atoms with Crippen LogP contribution in [0.25, 0.3) is 0 Å². The van der Waals surface area contributed by atoms with E-state index >= 15 is 0 Å². The lowest BCUT2D eigenvalue weighted by Crippen LogP contribution is -2.41. The highest BCUT2D eigenvalue weighted by atomic mass is 35.5. The number of benzene rings is 2. The van der Waals surface area contributed by atoms with Gasteiger partial charge in [0.05, 0.1) is 22.0 Å². The highest BCUT2D eigenvalue weighted by Gasteiger charge is 2.27. The summed E-state index contributed by atoms with van der Waals surface area (Å²) >= 11 is 6.10. The Bertz CT molecular complexity index is 882. The van der Waals surface area contributed by atoms with Crippen molar-refractivity contribution in [2.24, 2.45) is 0 Å². The summed E-state index contributed by atoms with van der Waals surface area (Å²) in [6.45, 7) is 1.91. The zero-order valence-electron chi connectivity index (χ0n) is 14.1. The average molecular weight is 372 g/mol. The standard InChI is InChI=1S/C19H18ClN3O3/c1-11-6-7-15(13(20)10-11)21-17(24)9-8-16-19(26)22-14-5-3-2-4-12(14)18(25)23-16/h2-7,10,16H,8-9H2,1H3,(H,21,24)(H,22,26)(H,23,25). The van der Waals surface area contributed by atoms with Crippen molar-refractivity contribution < 1.29 is 14.4 Å². The number of rotatable bonds is 4. The number of fused-ring (bicyclic) bond motifs is 1. The van der Waals surface area contributed by atoms with Crippen LogP contribution in [0.1, 0.15) is 28.8 Å². The summed E-state index contributed by atoms with van der Waals surface area (Å²) in [5.41, 5.74) is 2.38. The Labute approximate surface area is 155 Å². The highest BCUT2D eigenvalue weighted by Crippen LogP contribution is 2.23. The Balaban J connectivity index is 1.61. The van der Waals surface area contributed by atoms with Crippen molar-refractivity contribution in [1.29, 1.82) is 0 Å². The fourth-order valence-electron chi connectivity index (χ4n) is 2.72. The van der Waals surface area contributed by atoms with Crippen molar-refractivity contribution in [2.45, 2.75) is 25.8 Å². The minimum absolute atomic E-state index is 0.0684. The summed E-state index contributed by atoms with van der Waals surface area (Å²) in [4.78, 5) is 36.7. The van der Waals surface area contributed by atoms with Gasteiger partial charge < -0.3 is 16.0 Å². The molecular weight excluding hydrogens is 354 g/mol. The first-order valence-electron chi connectivity index (χ1n) is 8.21. The molecule has 0 spiro atoms. The summed E-state index contributed by atoms with van der Waals surface area (Å²) in [5.74, 6) is -0.963. The van der Waals surface area contributed by atoms with Crippen molar-refractivity contribution in [3.8, 4) is 0 Å². The fraction of sp³-hybridized carbons (Fsp3) is 0.211. The van der Waals surface area contributed by atoms with Crippen molar-refractivity contribution in [3.63, 3.8) is 0 Å². The highest BCUT2D eigenvalue weighted by molar-refractivity contribution is 6.33. The average Bonchev–Trinajstić information content (AvgIpc) is 2.72. The molecule has 3 amide bonds. The van der Waals surface area contributed by atoms with Gasteiger partial charge in [0.25, 0.3) is 5.91 Å². The molecule has 7 heteroatoms. The van der Waals surface area contributed by atoms with Crippen LogP contribution in [-0.4, -0.2) is 23.8 Å². The molecule has 0 radical (unpaired) electrons. The molecule has 1 aliphatic heterocycles. The van der Waals surface area contributed by atoms with Gasteiger partial charge in [-0.25, -0.2) is 0 Å². The van der Waals surface area contributed by atoms with E-state index in [4.69, 9.17) is 11.6 Å². The van der Waals surface area contributed by atoms with Crippen LogP contribution in [0.2, 0.25) is 5.02 Å². The number of carbonyl (C=O) groups excluding carboxylic acids is 3. The maximum Gasteiger partial charge on any atom is 0.254 e. The van der Waals surface area contributed by atoms with Crippen LogP contribution >= 0.6 is 11.6 Å². The summed E-state index contributed by atoms with van der Waals surface area (Å²) in [5, 5.41) is 8.56. The third-order valence-corrected chi connectivity index (χ3v) is 4.42. The van der Waals surface area contributed by atoms with Gasteiger partial charge in [-0.2, -0.15) is 0 Å². The maximum atomic E-state index is 12.3. The van der Waals surface area contributed by atoms with E-state index in [0.717, 1.165) is 5.56 Å². The van der Waals surface area contributed by atoms with Crippen molar-refractivity contribution >= 4 is 40.7 Å². The number of halogens is 1. The van der Waals surface area contributed by atoms with Gasteiger partial charge in [-0.1, -0.05) is 29.8 Å². The van der Waals surface area contributed by atoms with Crippen LogP contribution < -0.4 is 16.0 Å². The SMILES string of the molecule is Cc1ccc(NC(=O)CCC2NC(=O)c3ccccc3NC2=O)c(Cl)c1. The predicted octanol–water partition coefficient (Wildman–Crippen LogP) is 3.12. The van der Waals surface area contributed by atoms with Crippen molar-refractivity contribution in [2.75, 3.05) is 10.6 Å². The molecule has 1 unspecified atom stereocenters. The van der Waals surface area contributed by atoms with Crippen LogP contribution in [0.3, 0.4) is 0 Å². The largest absolute Gasteiger partial charge is 0.340 e. The lowest BCUT2D eigenvalue weighted by molar-refractivity contribution is -0.118. The molecule has 6 nitrogen and oxygen atoms in total. The molecule has 0 aromatic heterocycles. The first-order chi connectivity index (χ1) is 12.4. The van der Waals surface area contributed by atoms with Crippen LogP contribution in [0.5, 0.6) is 0 Å². The second-order valence-electron chi connectivity index (χ2n) is 6.13. The number of para-hydroxylation sites is 1. The van der Waals surface area contributed by atoms with E-state index < -0.39 is 6.04 Å². The Hall–Kier alpha value is -2.86. The van der Waals surface area contributed by atoms with Gasteiger partial charge in [-0.3, -0.25) is 14.4 Å². The molecule has 1 atom stereocenters. The van der Waals surface area contributed by atoms with E-state index in [1.165, 1.54) is 0 Å². The lowest BCUT2D eigenvalue weighted by Gasteiger charge is -2.14. The molecule has 3 rings (SSSR count). The van der Waals surface area contributed by atoms with Crippen LogP contribution in [0, 0.1) is 6.92 Å². The van der Waals surface area contributed by atoms with Gasteiger partial charge in [0.1, 0.15) is 6.04 Å². The Morgan fingerprint density at radius 1 is 1.19 bits per heavy atom. The molecule has 0 bridgehead atoms. The molecule has 26 heavy (non-hydrogen) atoms. The molecule has 0 saturated carbocycles. The maximum absolute atomic E-state index is 12.3. The second-order valence-corrected chi connectivity index (χ2v) is 6.54. The number of hydrogen-bond acceptors (Lipinski definition) is 3. The molecule has 1 heterocycles. The summed E-state index contributed by atoms with van der Waals surface area (Å²) in [6.07, 6.45) is 0.250. The minimum Gasteiger partial charge on any atom is -0.340 e. The fourth-order valence-corrected chi connectivity index (χ4v) is 3.01. The first kappa shape index (κ1) is 17.9. The van der Waals surface area contributed by atoms with Crippen molar-refractivity contribution in [1.82, 2.24) is 5.32 Å². The molecule has 2 aromatic carbocycles. The van der Waals surface area contributed by atoms with Gasteiger partial charge in [-0.15, -0.1) is 0 Å².